The average Bonchev–Trinajstić information content (AvgIpc) is 1.86. The summed E-state index contributed by atoms with van der Waals surface area (Å²) in [6, 6.07) is 5.29. The van der Waals surface area contributed by atoms with Crippen molar-refractivity contribution in [1.82, 2.24) is 0 Å². The summed E-state index contributed by atoms with van der Waals surface area (Å²) >= 11 is 0. The molecule has 0 aromatic heterocycles. The molecule has 6 heteroatoms. The molecule has 0 radical (unpaired) electrons. The molecule has 0 aliphatic rings. The average molecular weight is 263 g/mol. The number of nitrogens with two attached hydrogens (primary N) is 1. The van der Waals surface area contributed by atoms with Crippen molar-refractivity contribution in [2.75, 3.05) is 5.73 Å². The minimum absolute atomic E-state index is 0. The minimum atomic E-state index is -4.08. The van der Waals surface area contributed by atoms with Crippen molar-refractivity contribution in [3.63, 3.8) is 0 Å². The summed E-state index contributed by atoms with van der Waals surface area (Å²) in [4.78, 5) is -0.147. The maximum Gasteiger partial charge on any atom is 2.00 e. The quantitative estimate of drug-likeness (QED) is 0.435. The Balaban J connectivity index is -0.000000403. The van der Waals surface area contributed by atoms with Crippen molar-refractivity contribution >= 4 is 61.3 Å². The molecule has 1 aromatic rings. The van der Waals surface area contributed by atoms with Gasteiger partial charge in [-0.2, -0.15) is 8.42 Å². The van der Waals surface area contributed by atoms with Crippen molar-refractivity contribution < 1.29 is 15.8 Å². The second-order valence-corrected chi connectivity index (χ2v) is 3.47. The van der Waals surface area contributed by atoms with E-state index in [4.69, 9.17) is 10.3 Å². The van der Waals surface area contributed by atoms with Crippen LogP contribution in [0.5, 0.6) is 0 Å². The number of hydrogen-bond acceptors (Lipinski definition) is 3. The third-order valence-corrected chi connectivity index (χ3v) is 2.05. The summed E-state index contributed by atoms with van der Waals surface area (Å²) in [5, 5.41) is 0. The second-order valence-electron chi connectivity index (χ2n) is 2.04. The topological polar surface area (TPSA) is 80.4 Å². The summed E-state index contributed by atoms with van der Waals surface area (Å²) < 4.78 is 29.4. The van der Waals surface area contributed by atoms with Gasteiger partial charge in [-0.25, -0.2) is 0 Å². The van der Waals surface area contributed by atoms with Crippen LogP contribution >= 0.6 is 0 Å². The molecule has 1 aromatic carbocycles. The van der Waals surface area contributed by atoms with Gasteiger partial charge in [0, 0.05) is 5.69 Å². The molecule has 0 heterocycles. The molecule has 0 aliphatic heterocycles. The Morgan fingerprint density at radius 1 is 1.25 bits per heavy atom. The van der Waals surface area contributed by atoms with Crippen LogP contribution in [0.4, 0.5) is 5.69 Å². The molecule has 0 atom stereocenters. The van der Waals surface area contributed by atoms with E-state index in [-0.39, 0.29) is 53.2 Å². The number of hydrogen-bond donors (Lipinski definition) is 2. The van der Waals surface area contributed by atoms with Crippen molar-refractivity contribution in [2.45, 2.75) is 4.90 Å². The molecule has 64 valence electrons. The molecule has 0 saturated heterocycles. The fraction of sp³-hybridized carbons (Fsp3) is 0. The van der Waals surface area contributed by atoms with Gasteiger partial charge in [-0.3, -0.25) is 4.55 Å². The Bertz CT molecular complexity index is 354. The third-order valence-electron chi connectivity index (χ3n) is 1.18. The van der Waals surface area contributed by atoms with Crippen LogP contribution in [0.15, 0.2) is 29.2 Å². The molecule has 1 rings (SSSR count). The van der Waals surface area contributed by atoms with E-state index >= 15 is 0 Å². The Labute approximate surface area is 111 Å². The zero-order chi connectivity index (χ0) is 8.48. The molecule has 3 N–H and O–H groups in total. The fourth-order valence-electron chi connectivity index (χ4n) is 0.640. The van der Waals surface area contributed by atoms with Crippen LogP contribution in [0.2, 0.25) is 0 Å². The SMILES string of the molecule is Nc1ccc(S(=O)(=O)O)cc1.[H-].[H-].[Sr+2]. The molecule has 0 bridgehead atoms. The first-order chi connectivity index (χ1) is 5.00. The molecule has 0 spiro atoms. The van der Waals surface area contributed by atoms with E-state index in [2.05, 4.69) is 0 Å². The normalized spacial score (nSPS) is 10.4. The largest absolute Gasteiger partial charge is 2.00 e. The maximum absolute atomic E-state index is 10.5. The first-order valence-corrected chi connectivity index (χ1v) is 4.27. The Kier molecular flexibility index (Phi) is 4.75. The summed E-state index contributed by atoms with van der Waals surface area (Å²) in [5.41, 5.74) is 5.75. The number of nitrogen functional groups attached to an aromatic ring is 1. The van der Waals surface area contributed by atoms with E-state index in [1.54, 1.807) is 0 Å². The number of anilines is 1. The Morgan fingerprint density at radius 2 is 1.67 bits per heavy atom. The maximum atomic E-state index is 10.5. The summed E-state index contributed by atoms with van der Waals surface area (Å²) in [6.07, 6.45) is 0. The van der Waals surface area contributed by atoms with Crippen molar-refractivity contribution in [3.8, 4) is 0 Å². The van der Waals surface area contributed by atoms with Crippen LogP contribution in [0, 0.1) is 0 Å². The van der Waals surface area contributed by atoms with Gasteiger partial charge in [0.2, 0.25) is 0 Å². The van der Waals surface area contributed by atoms with E-state index in [1.165, 1.54) is 24.3 Å². The predicted molar refractivity (Wildman–Crippen MR) is 48.6 cm³/mol. The van der Waals surface area contributed by atoms with Gasteiger partial charge in [0.1, 0.15) is 0 Å². The molecule has 0 fully saturated rings. The summed E-state index contributed by atoms with van der Waals surface area (Å²) in [6.45, 7) is 0. The van der Waals surface area contributed by atoms with E-state index < -0.39 is 10.1 Å². The predicted octanol–water partition coefficient (Wildman–Crippen LogP) is 0.360. The number of benzene rings is 1. The van der Waals surface area contributed by atoms with Gasteiger partial charge >= 0.3 is 45.5 Å². The molecule has 12 heavy (non-hydrogen) atoms. The van der Waals surface area contributed by atoms with Gasteiger partial charge in [-0.1, -0.05) is 0 Å². The number of rotatable bonds is 1. The van der Waals surface area contributed by atoms with E-state index in [0.29, 0.717) is 5.69 Å². The second kappa shape index (κ2) is 4.59. The van der Waals surface area contributed by atoms with Crippen LogP contribution in [0.25, 0.3) is 0 Å². The van der Waals surface area contributed by atoms with E-state index in [9.17, 15) is 8.42 Å². The first kappa shape index (κ1) is 12.4. The van der Waals surface area contributed by atoms with Crippen molar-refractivity contribution in [3.05, 3.63) is 24.3 Å². The smallest absolute Gasteiger partial charge is 1.00 e. The van der Waals surface area contributed by atoms with Crippen LogP contribution in [-0.4, -0.2) is 58.5 Å². The van der Waals surface area contributed by atoms with Crippen LogP contribution in [0.3, 0.4) is 0 Å². The Hall–Kier alpha value is 0.411. The molecular weight excluding hydrogens is 254 g/mol. The molecule has 0 unspecified atom stereocenters. The van der Waals surface area contributed by atoms with Crippen molar-refractivity contribution in [1.29, 1.82) is 0 Å². The van der Waals surface area contributed by atoms with Crippen LogP contribution in [-0.2, 0) is 10.1 Å². The summed E-state index contributed by atoms with van der Waals surface area (Å²) in [5.74, 6) is 0. The van der Waals surface area contributed by atoms with E-state index in [0.717, 1.165) is 0 Å². The molecule has 0 aliphatic carbocycles. The van der Waals surface area contributed by atoms with Crippen LogP contribution in [0.1, 0.15) is 2.85 Å². The van der Waals surface area contributed by atoms with Gasteiger partial charge < -0.3 is 8.59 Å². The van der Waals surface area contributed by atoms with Gasteiger partial charge in [-0.15, -0.1) is 0 Å². The molecule has 4 nitrogen and oxygen atoms in total. The fourth-order valence-corrected chi connectivity index (χ4v) is 1.12. The molecular formula is C6H9NO3SSr. The third kappa shape index (κ3) is 3.42. The zero-order valence-electron chi connectivity index (χ0n) is 8.27. The van der Waals surface area contributed by atoms with Crippen molar-refractivity contribution in [2.24, 2.45) is 0 Å². The van der Waals surface area contributed by atoms with Gasteiger partial charge in [0.15, 0.2) is 0 Å². The first-order valence-electron chi connectivity index (χ1n) is 2.83. The van der Waals surface area contributed by atoms with Gasteiger partial charge in [0.25, 0.3) is 10.1 Å². The summed E-state index contributed by atoms with van der Waals surface area (Å²) in [7, 11) is -4.08. The van der Waals surface area contributed by atoms with Gasteiger partial charge in [0.05, 0.1) is 4.90 Å². The van der Waals surface area contributed by atoms with Crippen LogP contribution < -0.4 is 5.73 Å². The standard InChI is InChI=1S/C6H7NO3S.Sr.2H/c7-5-1-3-6(4-2-5)11(8,9)10;;;/h1-4H,7H2,(H,8,9,10);;;/q;+2;2*-1. The Morgan fingerprint density at radius 3 is 2.00 bits per heavy atom. The molecule has 0 amide bonds. The molecule has 0 saturated carbocycles. The van der Waals surface area contributed by atoms with E-state index in [1.807, 2.05) is 0 Å². The monoisotopic (exact) mass is 263 g/mol. The van der Waals surface area contributed by atoms with Gasteiger partial charge in [-0.05, 0) is 24.3 Å². The minimum Gasteiger partial charge on any atom is -1.00 e. The zero-order valence-corrected chi connectivity index (χ0v) is 10.6.